The molecule has 1 N–H and O–H groups in total. The molecule has 1 amide bonds. The number of rotatable bonds is 3. The average Bonchev–Trinajstić information content (AvgIpc) is 3.26. The fraction of sp³-hybridized carbons (Fsp3) is 0.353. The Balaban J connectivity index is 1.94. The van der Waals surface area contributed by atoms with Gasteiger partial charge in [0.15, 0.2) is 0 Å². The lowest BCUT2D eigenvalue weighted by Gasteiger charge is -2.22. The van der Waals surface area contributed by atoms with E-state index in [1.54, 1.807) is 11.9 Å². The summed E-state index contributed by atoms with van der Waals surface area (Å²) in [5, 5.41) is 11.7. The number of aliphatic hydroxyl groups excluding tert-OH is 1. The van der Waals surface area contributed by atoms with Gasteiger partial charge in [-0.2, -0.15) is 0 Å². The molecule has 0 radical (unpaired) electrons. The van der Waals surface area contributed by atoms with Gasteiger partial charge in [0.25, 0.3) is 0 Å². The largest absolute Gasteiger partial charge is 0.395 e. The number of benzene rings is 2. The number of carbonyl (C=O) groups excluding carboxylic acids is 1. The highest BCUT2D eigenvalue weighted by molar-refractivity contribution is 6.00. The van der Waals surface area contributed by atoms with Crippen LogP contribution in [0.15, 0.2) is 36.4 Å². The number of carbonyl (C=O) groups is 1. The summed E-state index contributed by atoms with van der Waals surface area (Å²) in [6.45, 7) is 2.02. The van der Waals surface area contributed by atoms with Crippen molar-refractivity contribution in [2.45, 2.75) is 19.8 Å². The molecule has 1 aliphatic carbocycles. The molecule has 3 rings (SSSR count). The number of amides is 1. The van der Waals surface area contributed by atoms with Crippen LogP contribution in [0, 0.1) is 12.3 Å². The van der Waals surface area contributed by atoms with Crippen LogP contribution in [-0.4, -0.2) is 24.7 Å². The number of hydrogen-bond acceptors (Lipinski definition) is 2. The number of nitrogens with zero attached hydrogens (tertiary/aromatic N) is 1. The highest BCUT2D eigenvalue weighted by Gasteiger charge is 2.50. The van der Waals surface area contributed by atoms with Crippen molar-refractivity contribution in [2.75, 3.05) is 18.6 Å². The summed E-state index contributed by atoms with van der Waals surface area (Å²) in [7, 11) is 1.79. The third kappa shape index (κ3) is 2.08. The van der Waals surface area contributed by atoms with Crippen molar-refractivity contribution >= 4 is 22.4 Å². The van der Waals surface area contributed by atoms with E-state index in [9.17, 15) is 9.90 Å². The van der Waals surface area contributed by atoms with Gasteiger partial charge in [0.2, 0.25) is 5.91 Å². The zero-order valence-electron chi connectivity index (χ0n) is 11.9. The average molecular weight is 269 g/mol. The Labute approximate surface area is 118 Å². The van der Waals surface area contributed by atoms with Crippen molar-refractivity contribution < 1.29 is 9.90 Å². The highest BCUT2D eigenvalue weighted by atomic mass is 16.3. The minimum absolute atomic E-state index is 0.0199. The van der Waals surface area contributed by atoms with E-state index < -0.39 is 5.41 Å². The quantitative estimate of drug-likeness (QED) is 0.930. The van der Waals surface area contributed by atoms with E-state index in [2.05, 4.69) is 25.1 Å². The molecule has 0 spiro atoms. The minimum Gasteiger partial charge on any atom is -0.395 e. The predicted molar refractivity (Wildman–Crippen MR) is 80.8 cm³/mol. The van der Waals surface area contributed by atoms with Crippen LogP contribution in [0.5, 0.6) is 0 Å². The first-order valence-corrected chi connectivity index (χ1v) is 6.95. The minimum atomic E-state index is -0.517. The summed E-state index contributed by atoms with van der Waals surface area (Å²) in [6.07, 6.45) is 1.58. The maximum atomic E-state index is 12.4. The van der Waals surface area contributed by atoms with Gasteiger partial charge in [0.05, 0.1) is 12.0 Å². The summed E-state index contributed by atoms with van der Waals surface area (Å²) in [6, 6.07) is 12.3. The Morgan fingerprint density at radius 2 is 1.85 bits per heavy atom. The van der Waals surface area contributed by atoms with Gasteiger partial charge < -0.3 is 10.0 Å². The number of hydrogen-bond donors (Lipinski definition) is 1. The van der Waals surface area contributed by atoms with Crippen LogP contribution >= 0.6 is 0 Å². The fourth-order valence-electron chi connectivity index (χ4n) is 2.62. The molecule has 0 heterocycles. The molecule has 1 aliphatic rings. The van der Waals surface area contributed by atoms with Crippen LogP contribution < -0.4 is 4.90 Å². The zero-order chi connectivity index (χ0) is 14.3. The van der Waals surface area contributed by atoms with Gasteiger partial charge in [-0.1, -0.05) is 29.8 Å². The maximum absolute atomic E-state index is 12.4. The molecule has 3 nitrogen and oxygen atoms in total. The molecule has 0 bridgehead atoms. The van der Waals surface area contributed by atoms with Gasteiger partial charge in [-0.25, -0.2) is 0 Å². The number of fused-ring (bicyclic) bond motifs is 1. The SMILES string of the molecule is Cc1ccc2cc(N(C)C(=O)C3(CO)CC3)ccc2c1. The van der Waals surface area contributed by atoms with Gasteiger partial charge in [0, 0.05) is 12.7 Å². The Morgan fingerprint density at radius 3 is 2.50 bits per heavy atom. The van der Waals surface area contributed by atoms with Gasteiger partial charge >= 0.3 is 0 Å². The van der Waals surface area contributed by atoms with E-state index in [0.29, 0.717) is 0 Å². The lowest BCUT2D eigenvalue weighted by Crippen LogP contribution is -2.36. The summed E-state index contributed by atoms with van der Waals surface area (Å²) < 4.78 is 0. The van der Waals surface area contributed by atoms with E-state index in [0.717, 1.165) is 23.9 Å². The molecule has 0 atom stereocenters. The molecule has 3 heteroatoms. The Kier molecular flexibility index (Phi) is 3.02. The van der Waals surface area contributed by atoms with Gasteiger partial charge in [0.1, 0.15) is 0 Å². The molecule has 0 aromatic heterocycles. The molecule has 0 aliphatic heterocycles. The standard InChI is InChI=1S/C17H19NO2/c1-12-3-4-14-10-15(6-5-13(14)9-12)18(2)16(20)17(11-19)7-8-17/h3-6,9-10,19H,7-8,11H2,1-2H3. The van der Waals surface area contributed by atoms with E-state index >= 15 is 0 Å². The third-order valence-corrected chi connectivity index (χ3v) is 4.28. The first-order valence-electron chi connectivity index (χ1n) is 6.95. The topological polar surface area (TPSA) is 40.5 Å². The second-order valence-electron chi connectivity index (χ2n) is 5.84. The van der Waals surface area contributed by atoms with E-state index in [4.69, 9.17) is 0 Å². The van der Waals surface area contributed by atoms with Crippen LogP contribution in [0.2, 0.25) is 0 Å². The van der Waals surface area contributed by atoms with E-state index in [-0.39, 0.29) is 12.5 Å². The monoisotopic (exact) mass is 269 g/mol. The molecule has 1 saturated carbocycles. The van der Waals surface area contributed by atoms with Gasteiger partial charge in [-0.3, -0.25) is 4.79 Å². The van der Waals surface area contributed by atoms with E-state index in [1.165, 1.54) is 10.9 Å². The first kappa shape index (κ1) is 13.1. The number of aliphatic hydroxyl groups is 1. The molecule has 20 heavy (non-hydrogen) atoms. The maximum Gasteiger partial charge on any atom is 0.235 e. The van der Waals surface area contributed by atoms with Crippen molar-refractivity contribution in [3.63, 3.8) is 0 Å². The number of anilines is 1. The zero-order valence-corrected chi connectivity index (χ0v) is 11.9. The molecule has 2 aromatic rings. The van der Waals surface area contributed by atoms with Gasteiger partial charge in [-0.05, 0) is 42.7 Å². The summed E-state index contributed by atoms with van der Waals surface area (Å²) in [5.41, 5.74) is 1.59. The van der Waals surface area contributed by atoms with Crippen molar-refractivity contribution in [1.29, 1.82) is 0 Å². The van der Waals surface area contributed by atoms with Gasteiger partial charge in [-0.15, -0.1) is 0 Å². The Hall–Kier alpha value is -1.87. The lowest BCUT2D eigenvalue weighted by molar-refractivity contribution is -0.124. The van der Waals surface area contributed by atoms with Crippen LogP contribution in [0.4, 0.5) is 5.69 Å². The fourth-order valence-corrected chi connectivity index (χ4v) is 2.62. The molecule has 0 unspecified atom stereocenters. The second kappa shape index (κ2) is 4.60. The van der Waals surface area contributed by atoms with Crippen molar-refractivity contribution in [1.82, 2.24) is 0 Å². The van der Waals surface area contributed by atoms with Crippen LogP contribution in [0.3, 0.4) is 0 Å². The molecular weight excluding hydrogens is 250 g/mol. The summed E-state index contributed by atoms with van der Waals surface area (Å²) in [5.74, 6) is 0.0199. The molecular formula is C17H19NO2. The lowest BCUT2D eigenvalue weighted by atomic mass is 10.0. The van der Waals surface area contributed by atoms with Crippen molar-refractivity contribution in [3.8, 4) is 0 Å². The molecule has 2 aromatic carbocycles. The smallest absolute Gasteiger partial charge is 0.235 e. The van der Waals surface area contributed by atoms with Crippen molar-refractivity contribution in [3.05, 3.63) is 42.0 Å². The second-order valence-corrected chi connectivity index (χ2v) is 5.84. The Morgan fingerprint density at radius 1 is 1.20 bits per heavy atom. The third-order valence-electron chi connectivity index (χ3n) is 4.28. The highest BCUT2D eigenvalue weighted by Crippen LogP contribution is 2.47. The van der Waals surface area contributed by atoms with Crippen LogP contribution in [0.25, 0.3) is 10.8 Å². The number of aryl methyl sites for hydroxylation is 1. The molecule has 1 fully saturated rings. The van der Waals surface area contributed by atoms with Crippen molar-refractivity contribution in [2.24, 2.45) is 5.41 Å². The normalized spacial score (nSPS) is 16.1. The molecule has 0 saturated heterocycles. The van der Waals surface area contributed by atoms with Crippen LogP contribution in [-0.2, 0) is 4.79 Å². The molecule has 104 valence electrons. The summed E-state index contributed by atoms with van der Waals surface area (Å²) in [4.78, 5) is 14.1. The van der Waals surface area contributed by atoms with E-state index in [1.807, 2.05) is 18.2 Å². The van der Waals surface area contributed by atoms with Crippen LogP contribution in [0.1, 0.15) is 18.4 Å². The summed E-state index contributed by atoms with van der Waals surface area (Å²) >= 11 is 0. The Bertz CT molecular complexity index is 674. The predicted octanol–water partition coefficient (Wildman–Crippen LogP) is 2.88. The first-order chi connectivity index (χ1) is 9.55.